The Kier molecular flexibility index (Phi) is 5.00. The first-order valence-corrected chi connectivity index (χ1v) is 10.9. The van der Waals surface area contributed by atoms with Crippen LogP contribution in [0.1, 0.15) is 12.8 Å². The molecule has 0 saturated carbocycles. The highest BCUT2D eigenvalue weighted by atomic mass is 32.2. The van der Waals surface area contributed by atoms with Crippen molar-refractivity contribution in [2.45, 2.75) is 23.8 Å². The summed E-state index contributed by atoms with van der Waals surface area (Å²) >= 11 is 0.963. The highest BCUT2D eigenvalue weighted by Crippen LogP contribution is 2.31. The third-order valence-corrected chi connectivity index (χ3v) is 7.19. The van der Waals surface area contributed by atoms with Crippen molar-refractivity contribution in [3.63, 3.8) is 0 Å². The quantitative estimate of drug-likeness (QED) is 0.683. The molecule has 1 fully saturated rings. The molecule has 28 heavy (non-hydrogen) atoms. The molecule has 1 N–H and O–H groups in total. The molecule has 0 bridgehead atoms. The zero-order chi connectivity index (χ0) is 19.7. The van der Waals surface area contributed by atoms with Crippen LogP contribution in [0, 0.1) is 0 Å². The van der Waals surface area contributed by atoms with Gasteiger partial charge in [0.2, 0.25) is 15.9 Å². The van der Waals surface area contributed by atoms with Crippen molar-refractivity contribution in [1.82, 2.24) is 13.1 Å². The predicted molar refractivity (Wildman–Crippen MR) is 106 cm³/mol. The molecule has 4 rings (SSSR count). The normalized spacial score (nSPS) is 17.7. The molecule has 2 heterocycles. The summed E-state index contributed by atoms with van der Waals surface area (Å²) in [5.41, 5.74) is 1.37. The maximum Gasteiger partial charge on any atom is 0.246 e. The lowest BCUT2D eigenvalue weighted by molar-refractivity contribution is -0.119. The molecule has 1 saturated heterocycles. The van der Waals surface area contributed by atoms with Gasteiger partial charge >= 0.3 is 0 Å². The fourth-order valence-corrected chi connectivity index (χ4v) is 5.78. The summed E-state index contributed by atoms with van der Waals surface area (Å²) in [6.07, 6.45) is 1.06. The second-order valence-corrected chi connectivity index (χ2v) is 8.74. The minimum absolute atomic E-state index is 0.0794. The highest BCUT2D eigenvalue weighted by molar-refractivity contribution is 7.89. The number of amides is 1. The van der Waals surface area contributed by atoms with Gasteiger partial charge in [0.15, 0.2) is 0 Å². The zero-order valence-corrected chi connectivity index (χ0v) is 16.7. The van der Waals surface area contributed by atoms with Crippen LogP contribution in [-0.2, 0) is 14.8 Å². The van der Waals surface area contributed by atoms with E-state index < -0.39 is 16.1 Å². The Morgan fingerprint density at radius 1 is 1.21 bits per heavy atom. The number of carbonyl (C=O) groups excluding carboxylic acids is 1. The summed E-state index contributed by atoms with van der Waals surface area (Å²) in [6, 6.07) is 11.1. The van der Waals surface area contributed by atoms with Crippen molar-refractivity contribution in [2.75, 3.05) is 19.0 Å². The van der Waals surface area contributed by atoms with Crippen molar-refractivity contribution < 1.29 is 17.9 Å². The number of para-hydroxylation sites is 2. The van der Waals surface area contributed by atoms with E-state index in [0.717, 1.165) is 11.7 Å². The SMILES string of the molecule is COc1ccccc1NC(=O)[C@@H]1CCCN1S(=O)(=O)c1cccc2nsnc12. The van der Waals surface area contributed by atoms with Crippen molar-refractivity contribution in [3.05, 3.63) is 42.5 Å². The first-order valence-electron chi connectivity index (χ1n) is 8.69. The molecule has 10 heteroatoms. The van der Waals surface area contributed by atoms with Gasteiger partial charge in [-0.1, -0.05) is 18.2 Å². The molecule has 8 nitrogen and oxygen atoms in total. The molecule has 0 spiro atoms. The van der Waals surface area contributed by atoms with Crippen molar-refractivity contribution >= 4 is 44.4 Å². The molecule has 146 valence electrons. The maximum absolute atomic E-state index is 13.3. The van der Waals surface area contributed by atoms with Crippen LogP contribution in [0.3, 0.4) is 0 Å². The Hall–Kier alpha value is -2.56. The van der Waals surface area contributed by atoms with Gasteiger partial charge in [0.25, 0.3) is 0 Å². The Balaban J connectivity index is 1.64. The van der Waals surface area contributed by atoms with Crippen molar-refractivity contribution in [3.8, 4) is 5.75 Å². The summed E-state index contributed by atoms with van der Waals surface area (Å²) in [5, 5.41) is 2.79. The monoisotopic (exact) mass is 418 g/mol. The number of sulfonamides is 1. The lowest BCUT2D eigenvalue weighted by Gasteiger charge is -2.23. The zero-order valence-electron chi connectivity index (χ0n) is 15.0. The third-order valence-electron chi connectivity index (χ3n) is 4.71. The number of ether oxygens (including phenoxy) is 1. The smallest absolute Gasteiger partial charge is 0.246 e. The number of fused-ring (bicyclic) bond motifs is 1. The third kappa shape index (κ3) is 3.23. The van der Waals surface area contributed by atoms with Crippen LogP contribution in [0.5, 0.6) is 5.75 Å². The lowest BCUT2D eigenvalue weighted by Crippen LogP contribution is -2.43. The van der Waals surface area contributed by atoms with E-state index in [-0.39, 0.29) is 17.3 Å². The first-order chi connectivity index (χ1) is 13.5. The number of aromatic nitrogens is 2. The average Bonchev–Trinajstić information content (AvgIpc) is 3.37. The molecule has 0 aliphatic carbocycles. The summed E-state index contributed by atoms with van der Waals surface area (Å²) in [5.74, 6) is 0.135. The van der Waals surface area contributed by atoms with E-state index in [1.807, 2.05) is 0 Å². The molecule has 1 aliphatic heterocycles. The van der Waals surface area contributed by atoms with Crippen LogP contribution < -0.4 is 10.1 Å². The molecule has 1 aromatic heterocycles. The summed E-state index contributed by atoms with van der Waals surface area (Å²) in [4.78, 5) is 13.0. The largest absolute Gasteiger partial charge is 0.495 e. The van der Waals surface area contributed by atoms with E-state index in [4.69, 9.17) is 4.74 Å². The van der Waals surface area contributed by atoms with Gasteiger partial charge in [0, 0.05) is 6.54 Å². The molecular weight excluding hydrogens is 400 g/mol. The van der Waals surface area contributed by atoms with E-state index in [2.05, 4.69) is 14.1 Å². The average molecular weight is 419 g/mol. The van der Waals surface area contributed by atoms with Crippen LogP contribution in [0.4, 0.5) is 5.69 Å². The van der Waals surface area contributed by atoms with Gasteiger partial charge in [-0.05, 0) is 37.1 Å². The Labute approximate surface area is 166 Å². The van der Waals surface area contributed by atoms with Gasteiger partial charge in [0.05, 0.1) is 24.5 Å². The Bertz CT molecular complexity index is 1130. The van der Waals surface area contributed by atoms with E-state index in [1.54, 1.807) is 36.4 Å². The Morgan fingerprint density at radius 3 is 2.86 bits per heavy atom. The summed E-state index contributed by atoms with van der Waals surface area (Å²) in [7, 11) is -2.38. The molecule has 1 atom stereocenters. The summed E-state index contributed by atoms with van der Waals surface area (Å²) in [6.45, 7) is 0.278. The summed E-state index contributed by atoms with van der Waals surface area (Å²) < 4.78 is 41.3. The minimum atomic E-state index is -3.89. The first kappa shape index (κ1) is 18.8. The second-order valence-electron chi connectivity index (χ2n) is 6.35. The van der Waals surface area contributed by atoms with Gasteiger partial charge in [0.1, 0.15) is 27.7 Å². The maximum atomic E-state index is 13.3. The standard InChI is InChI=1S/C18H18N4O4S2/c1-26-15-9-3-2-6-12(15)19-18(23)14-8-5-11-22(14)28(24,25)16-10-4-7-13-17(16)21-27-20-13/h2-4,6-7,9-10,14H,5,8,11H2,1H3,(H,19,23)/t14-/m0/s1. The van der Waals surface area contributed by atoms with Crippen molar-refractivity contribution in [2.24, 2.45) is 0 Å². The molecule has 0 radical (unpaired) electrons. The van der Waals surface area contributed by atoms with Crippen molar-refractivity contribution in [1.29, 1.82) is 0 Å². The molecule has 2 aromatic carbocycles. The minimum Gasteiger partial charge on any atom is -0.495 e. The highest BCUT2D eigenvalue weighted by Gasteiger charge is 2.40. The van der Waals surface area contributed by atoms with Gasteiger partial charge < -0.3 is 10.1 Å². The van der Waals surface area contributed by atoms with E-state index in [1.165, 1.54) is 17.5 Å². The fraction of sp³-hybridized carbons (Fsp3) is 0.278. The molecule has 1 amide bonds. The van der Waals surface area contributed by atoms with Crippen LogP contribution in [-0.4, -0.2) is 47.1 Å². The second kappa shape index (κ2) is 7.46. The number of methoxy groups -OCH3 is 1. The van der Waals surface area contributed by atoms with Gasteiger partial charge in [-0.3, -0.25) is 4.79 Å². The predicted octanol–water partition coefficient (Wildman–Crippen LogP) is 2.49. The van der Waals surface area contributed by atoms with Gasteiger partial charge in [-0.25, -0.2) is 8.42 Å². The van der Waals surface area contributed by atoms with Crippen LogP contribution in [0.2, 0.25) is 0 Å². The number of hydrogen-bond donors (Lipinski definition) is 1. The number of nitrogens with zero attached hydrogens (tertiary/aromatic N) is 3. The van der Waals surface area contributed by atoms with E-state index >= 15 is 0 Å². The number of rotatable bonds is 5. The number of anilines is 1. The molecule has 0 unspecified atom stereocenters. The van der Waals surface area contributed by atoms with Crippen LogP contribution >= 0.6 is 11.7 Å². The fourth-order valence-electron chi connectivity index (χ4n) is 3.37. The van der Waals surface area contributed by atoms with Gasteiger partial charge in [-0.15, -0.1) is 0 Å². The number of benzene rings is 2. The molecular formula is C18H18N4O4S2. The molecule has 3 aromatic rings. The topological polar surface area (TPSA) is 101 Å². The Morgan fingerprint density at radius 2 is 2.04 bits per heavy atom. The van der Waals surface area contributed by atoms with Crippen LogP contribution in [0.15, 0.2) is 47.4 Å². The number of nitrogens with one attached hydrogen (secondary N) is 1. The van der Waals surface area contributed by atoms with Gasteiger partial charge in [-0.2, -0.15) is 13.1 Å². The van der Waals surface area contributed by atoms with Crippen LogP contribution in [0.25, 0.3) is 11.0 Å². The van der Waals surface area contributed by atoms with E-state index in [0.29, 0.717) is 35.3 Å². The number of hydrogen-bond acceptors (Lipinski definition) is 7. The lowest BCUT2D eigenvalue weighted by atomic mass is 10.2. The molecule has 1 aliphatic rings. The number of carbonyl (C=O) groups is 1. The van der Waals surface area contributed by atoms with E-state index in [9.17, 15) is 13.2 Å².